The molecule has 2 atom stereocenters. The second kappa shape index (κ2) is 11.7. The highest BCUT2D eigenvalue weighted by Gasteiger charge is 2.42. The average molecular weight is 614 g/mol. The number of ether oxygens (including phenoxy) is 1. The number of aromatic nitrogens is 2. The Kier molecular flexibility index (Phi) is 8.27. The fourth-order valence-corrected chi connectivity index (χ4v) is 5.90. The Bertz CT molecular complexity index is 1640. The van der Waals surface area contributed by atoms with E-state index in [0.29, 0.717) is 27.2 Å². The number of benzene rings is 2. The van der Waals surface area contributed by atoms with E-state index >= 15 is 0 Å². The molecule has 0 saturated carbocycles. The van der Waals surface area contributed by atoms with Crippen molar-refractivity contribution in [2.45, 2.75) is 32.1 Å². The van der Waals surface area contributed by atoms with Gasteiger partial charge in [-0.3, -0.25) is 9.78 Å². The van der Waals surface area contributed by atoms with Crippen molar-refractivity contribution < 1.29 is 22.7 Å². The molecule has 1 amide bonds. The summed E-state index contributed by atoms with van der Waals surface area (Å²) >= 11 is 12.4. The van der Waals surface area contributed by atoms with Gasteiger partial charge in [-0.2, -0.15) is 13.2 Å². The minimum atomic E-state index is -4.47. The first-order valence-electron chi connectivity index (χ1n) is 12.9. The molecule has 4 aromatic rings. The molecule has 1 aliphatic rings. The van der Waals surface area contributed by atoms with Gasteiger partial charge in [-0.05, 0) is 86.2 Å². The van der Waals surface area contributed by atoms with Gasteiger partial charge < -0.3 is 24.8 Å². The summed E-state index contributed by atoms with van der Waals surface area (Å²) in [6, 6.07) is 17.2. The number of halogens is 4. The first kappa shape index (κ1) is 29.6. The molecular formula is C30H27ClF3N5O2S. The van der Waals surface area contributed by atoms with E-state index in [2.05, 4.69) is 15.6 Å². The second-order valence-electron chi connectivity index (χ2n) is 9.85. The number of nitrogens with zero attached hydrogens (tertiary/aromatic N) is 3. The molecule has 0 radical (unpaired) electrons. The van der Waals surface area contributed by atoms with Gasteiger partial charge in [0.1, 0.15) is 6.61 Å². The van der Waals surface area contributed by atoms with Crippen LogP contribution in [0.5, 0.6) is 0 Å². The Hall–Kier alpha value is -3.93. The lowest BCUT2D eigenvalue weighted by molar-refractivity contribution is -0.137. The van der Waals surface area contributed by atoms with Crippen molar-refractivity contribution in [1.29, 1.82) is 0 Å². The summed E-state index contributed by atoms with van der Waals surface area (Å²) in [5, 5.41) is 6.82. The third-order valence-corrected chi connectivity index (χ3v) is 7.73. The van der Waals surface area contributed by atoms with Crippen LogP contribution in [-0.2, 0) is 15.7 Å². The number of pyridine rings is 1. The number of aryl methyl sites for hydroxylation is 1. The van der Waals surface area contributed by atoms with Gasteiger partial charge in [-0.15, -0.1) is 0 Å². The van der Waals surface area contributed by atoms with E-state index in [4.69, 9.17) is 28.6 Å². The summed E-state index contributed by atoms with van der Waals surface area (Å²) in [5.74, 6) is -0.347. The zero-order valence-corrected chi connectivity index (χ0v) is 24.4. The standard InChI is InChI=1S/C30H27ClF3N5O2S/c1-17-13-22(18(2)38(17)20-8-6-7-19(14-20)30(32,33)34)28-27(25-9-4-5-12-35-25)37-29(42)39(28)21-10-11-24(23(31)15-21)36-26(40)16-41-3/h4-15,27-28H,16H2,1-3H3,(H,36,40)(H,37,42)/t27-,28+/m0/s1. The lowest BCUT2D eigenvalue weighted by Gasteiger charge is -2.28. The number of amides is 1. The van der Waals surface area contributed by atoms with Crippen molar-refractivity contribution in [1.82, 2.24) is 14.9 Å². The summed E-state index contributed by atoms with van der Waals surface area (Å²) in [7, 11) is 1.42. The minimum absolute atomic E-state index is 0.118. The van der Waals surface area contributed by atoms with Crippen molar-refractivity contribution >= 4 is 46.2 Å². The summed E-state index contributed by atoms with van der Waals surface area (Å²) in [6.45, 7) is 3.61. The number of thiocarbonyl (C=S) groups is 1. The fraction of sp³-hybridized carbons (Fsp3) is 0.233. The van der Waals surface area contributed by atoms with Crippen molar-refractivity contribution in [2.24, 2.45) is 0 Å². The van der Waals surface area contributed by atoms with Gasteiger partial charge >= 0.3 is 6.18 Å². The third kappa shape index (κ3) is 5.72. The molecule has 12 heteroatoms. The molecule has 1 saturated heterocycles. The SMILES string of the molecule is COCC(=O)Nc1ccc(N2C(=S)N[C@@H](c3ccccn3)[C@H]2c2cc(C)n(-c3cccc(C(F)(F)F)c3)c2C)cc1Cl. The van der Waals surface area contributed by atoms with Crippen molar-refractivity contribution in [3.05, 3.63) is 106 Å². The molecule has 2 aromatic carbocycles. The van der Waals surface area contributed by atoms with Gasteiger partial charge in [0.2, 0.25) is 5.91 Å². The monoisotopic (exact) mass is 613 g/mol. The number of carbonyl (C=O) groups is 1. The van der Waals surface area contributed by atoms with Gasteiger partial charge in [0.15, 0.2) is 5.11 Å². The van der Waals surface area contributed by atoms with Crippen LogP contribution in [0.25, 0.3) is 5.69 Å². The molecule has 2 aromatic heterocycles. The van der Waals surface area contributed by atoms with Gasteiger partial charge in [0.25, 0.3) is 0 Å². The summed E-state index contributed by atoms with van der Waals surface area (Å²) in [5.41, 5.74) is 3.86. The van der Waals surface area contributed by atoms with Crippen LogP contribution in [0, 0.1) is 13.8 Å². The van der Waals surface area contributed by atoms with Gasteiger partial charge in [0, 0.05) is 36.1 Å². The molecule has 2 N–H and O–H groups in total. The molecule has 0 bridgehead atoms. The zero-order chi connectivity index (χ0) is 30.2. The number of nitrogens with one attached hydrogen (secondary N) is 2. The highest BCUT2D eigenvalue weighted by atomic mass is 35.5. The van der Waals surface area contributed by atoms with Crippen molar-refractivity contribution in [3.63, 3.8) is 0 Å². The molecule has 1 fully saturated rings. The summed E-state index contributed by atoms with van der Waals surface area (Å²) in [6.07, 6.45) is -2.77. The predicted octanol–water partition coefficient (Wildman–Crippen LogP) is 6.92. The first-order chi connectivity index (χ1) is 20.0. The Morgan fingerprint density at radius 1 is 1.10 bits per heavy atom. The van der Waals surface area contributed by atoms with Crippen molar-refractivity contribution in [2.75, 3.05) is 23.9 Å². The maximum atomic E-state index is 13.5. The van der Waals surface area contributed by atoms with Crippen LogP contribution in [0.4, 0.5) is 24.5 Å². The van der Waals surface area contributed by atoms with E-state index < -0.39 is 17.8 Å². The van der Waals surface area contributed by atoms with Crippen LogP contribution in [-0.4, -0.2) is 34.3 Å². The fourth-order valence-electron chi connectivity index (χ4n) is 5.33. The lowest BCUT2D eigenvalue weighted by atomic mass is 9.96. The molecule has 42 heavy (non-hydrogen) atoms. The summed E-state index contributed by atoms with van der Waals surface area (Å²) < 4.78 is 47.3. The molecular weight excluding hydrogens is 587 g/mol. The Labute approximate surface area is 251 Å². The van der Waals surface area contributed by atoms with Gasteiger partial charge in [-0.1, -0.05) is 23.7 Å². The maximum Gasteiger partial charge on any atom is 0.416 e. The predicted molar refractivity (Wildman–Crippen MR) is 160 cm³/mol. The van der Waals surface area contributed by atoms with Crippen LogP contribution in [0.1, 0.15) is 40.3 Å². The molecule has 0 unspecified atom stereocenters. The highest BCUT2D eigenvalue weighted by Crippen LogP contribution is 2.45. The topological polar surface area (TPSA) is 71.4 Å². The Morgan fingerprint density at radius 3 is 2.55 bits per heavy atom. The largest absolute Gasteiger partial charge is 0.416 e. The highest BCUT2D eigenvalue weighted by molar-refractivity contribution is 7.80. The van der Waals surface area contributed by atoms with E-state index in [1.54, 1.807) is 35.0 Å². The second-order valence-corrected chi connectivity index (χ2v) is 10.6. The molecule has 0 aliphatic carbocycles. The van der Waals surface area contributed by atoms with Crippen molar-refractivity contribution in [3.8, 4) is 5.69 Å². The zero-order valence-electron chi connectivity index (χ0n) is 22.9. The maximum absolute atomic E-state index is 13.5. The van der Waals surface area contributed by atoms with Crippen LogP contribution in [0.2, 0.25) is 5.02 Å². The van der Waals surface area contributed by atoms with E-state index in [1.807, 2.05) is 43.0 Å². The molecule has 1 aliphatic heterocycles. The van der Waals surface area contributed by atoms with Crippen LogP contribution < -0.4 is 15.5 Å². The first-order valence-corrected chi connectivity index (χ1v) is 13.7. The van der Waals surface area contributed by atoms with Gasteiger partial charge in [0.05, 0.1) is 34.1 Å². The number of methoxy groups -OCH3 is 1. The average Bonchev–Trinajstić information content (AvgIpc) is 3.44. The molecule has 3 heterocycles. The lowest BCUT2D eigenvalue weighted by Crippen LogP contribution is -2.29. The van der Waals surface area contributed by atoms with E-state index in [-0.39, 0.29) is 18.6 Å². The molecule has 5 rings (SSSR count). The van der Waals surface area contributed by atoms with E-state index in [9.17, 15) is 18.0 Å². The van der Waals surface area contributed by atoms with Crippen LogP contribution in [0.3, 0.4) is 0 Å². The number of hydrogen-bond acceptors (Lipinski definition) is 4. The number of hydrogen-bond donors (Lipinski definition) is 2. The number of carbonyl (C=O) groups excluding carboxylic acids is 1. The molecule has 7 nitrogen and oxygen atoms in total. The smallest absolute Gasteiger partial charge is 0.375 e. The number of alkyl halides is 3. The minimum Gasteiger partial charge on any atom is -0.375 e. The van der Waals surface area contributed by atoms with Crippen LogP contribution >= 0.6 is 23.8 Å². The Balaban J connectivity index is 1.61. The number of anilines is 2. The normalized spacial score (nSPS) is 16.9. The summed E-state index contributed by atoms with van der Waals surface area (Å²) in [4.78, 5) is 18.5. The third-order valence-electron chi connectivity index (χ3n) is 7.10. The number of rotatable bonds is 7. The van der Waals surface area contributed by atoms with Crippen LogP contribution in [0.15, 0.2) is 72.9 Å². The van der Waals surface area contributed by atoms with Gasteiger partial charge in [-0.25, -0.2) is 0 Å². The Morgan fingerprint density at radius 2 is 1.88 bits per heavy atom. The molecule has 218 valence electrons. The quantitative estimate of drug-likeness (QED) is 0.221. The molecule has 0 spiro atoms. The van der Waals surface area contributed by atoms with E-state index in [1.165, 1.54) is 13.2 Å². The van der Waals surface area contributed by atoms with E-state index in [0.717, 1.165) is 34.8 Å².